The first-order valence-corrected chi connectivity index (χ1v) is 9.61. The third-order valence-electron chi connectivity index (χ3n) is 5.09. The Morgan fingerprint density at radius 2 is 1.74 bits per heavy atom. The van der Waals surface area contributed by atoms with E-state index in [4.69, 9.17) is 0 Å². The van der Waals surface area contributed by atoms with Gasteiger partial charge in [0.15, 0.2) is 0 Å². The molecule has 2 aromatic carbocycles. The van der Waals surface area contributed by atoms with Crippen molar-refractivity contribution < 1.29 is 9.59 Å². The van der Waals surface area contributed by atoms with Gasteiger partial charge in [0.05, 0.1) is 0 Å². The van der Waals surface area contributed by atoms with E-state index in [0.29, 0.717) is 19.4 Å². The minimum Gasteiger partial charge on any atom is -0.372 e. The summed E-state index contributed by atoms with van der Waals surface area (Å²) in [6, 6.07) is 17.3. The highest BCUT2D eigenvalue weighted by Gasteiger charge is 2.35. The first kappa shape index (κ1) is 19.0. The number of benzene rings is 2. The average molecular weight is 365 g/mol. The van der Waals surface area contributed by atoms with Gasteiger partial charge in [-0.1, -0.05) is 30.3 Å². The van der Waals surface area contributed by atoms with E-state index in [0.717, 1.165) is 30.0 Å². The highest BCUT2D eigenvalue weighted by Crippen LogP contribution is 2.24. The molecule has 3 rings (SSSR count). The third-order valence-corrected chi connectivity index (χ3v) is 5.09. The molecule has 142 valence electrons. The molecule has 27 heavy (non-hydrogen) atoms. The zero-order chi connectivity index (χ0) is 19.2. The molecule has 5 heteroatoms. The van der Waals surface area contributed by atoms with Gasteiger partial charge >= 0.3 is 0 Å². The van der Waals surface area contributed by atoms with Gasteiger partial charge < -0.3 is 15.1 Å². The van der Waals surface area contributed by atoms with Crippen molar-refractivity contribution in [3.8, 4) is 0 Å². The number of carbonyl (C=O) groups excluding carboxylic acids is 2. The summed E-state index contributed by atoms with van der Waals surface area (Å²) in [5.41, 5.74) is 2.93. The SMILES string of the molecule is CCN(CC)c1ccc(NC(=O)C2CCC(=O)N2Cc2ccccc2)cc1. The van der Waals surface area contributed by atoms with Crippen LogP contribution in [-0.2, 0) is 16.1 Å². The largest absolute Gasteiger partial charge is 0.372 e. The Kier molecular flexibility index (Phi) is 6.12. The van der Waals surface area contributed by atoms with E-state index in [-0.39, 0.29) is 11.8 Å². The fraction of sp³-hybridized carbons (Fsp3) is 0.364. The van der Waals surface area contributed by atoms with Crippen molar-refractivity contribution in [3.05, 3.63) is 60.2 Å². The van der Waals surface area contributed by atoms with Crippen LogP contribution in [-0.4, -0.2) is 35.8 Å². The van der Waals surface area contributed by atoms with Crippen molar-refractivity contribution in [1.29, 1.82) is 0 Å². The summed E-state index contributed by atoms with van der Waals surface area (Å²) in [4.78, 5) is 29.0. The molecule has 1 unspecified atom stereocenters. The van der Waals surface area contributed by atoms with Crippen LogP contribution >= 0.6 is 0 Å². The summed E-state index contributed by atoms with van der Waals surface area (Å²) in [6.45, 7) is 6.61. The van der Waals surface area contributed by atoms with Crippen LogP contribution in [0, 0.1) is 0 Å². The molecule has 0 aromatic heterocycles. The van der Waals surface area contributed by atoms with Crippen molar-refractivity contribution in [3.63, 3.8) is 0 Å². The first-order chi connectivity index (χ1) is 13.1. The Bertz CT molecular complexity index is 770. The molecule has 1 aliphatic rings. The van der Waals surface area contributed by atoms with Crippen molar-refractivity contribution in [2.45, 2.75) is 39.3 Å². The second kappa shape index (κ2) is 8.71. The molecule has 0 radical (unpaired) electrons. The second-order valence-corrected chi connectivity index (χ2v) is 6.77. The standard InChI is InChI=1S/C22H27N3O2/c1-3-24(4-2)19-12-10-18(11-13-19)23-22(27)20-14-15-21(26)25(20)16-17-8-6-5-7-9-17/h5-13,20H,3-4,14-16H2,1-2H3,(H,23,27). The van der Waals surface area contributed by atoms with Crippen molar-refractivity contribution >= 4 is 23.2 Å². The fourth-order valence-electron chi connectivity index (χ4n) is 3.55. The molecule has 1 N–H and O–H groups in total. The van der Waals surface area contributed by atoms with E-state index in [2.05, 4.69) is 24.1 Å². The monoisotopic (exact) mass is 365 g/mol. The molecule has 1 atom stereocenters. The normalized spacial score (nSPS) is 16.4. The van der Waals surface area contributed by atoms with Crippen LogP contribution in [0.5, 0.6) is 0 Å². The summed E-state index contributed by atoms with van der Waals surface area (Å²) in [7, 11) is 0. The topological polar surface area (TPSA) is 52.7 Å². The third kappa shape index (κ3) is 4.48. The Hall–Kier alpha value is -2.82. The van der Waals surface area contributed by atoms with E-state index in [9.17, 15) is 9.59 Å². The van der Waals surface area contributed by atoms with Crippen LogP contribution in [0.25, 0.3) is 0 Å². The maximum Gasteiger partial charge on any atom is 0.247 e. The van der Waals surface area contributed by atoms with Gasteiger partial charge in [-0.25, -0.2) is 0 Å². The maximum atomic E-state index is 12.8. The van der Waals surface area contributed by atoms with Gasteiger partial charge in [0, 0.05) is 37.4 Å². The van der Waals surface area contributed by atoms with Gasteiger partial charge in [0.2, 0.25) is 11.8 Å². The number of hydrogen-bond donors (Lipinski definition) is 1. The van der Waals surface area contributed by atoms with E-state index in [1.807, 2.05) is 54.6 Å². The minimum atomic E-state index is -0.417. The number of nitrogens with zero attached hydrogens (tertiary/aromatic N) is 2. The van der Waals surface area contributed by atoms with Crippen LogP contribution in [0.3, 0.4) is 0 Å². The molecule has 2 aromatic rings. The predicted octanol–water partition coefficient (Wildman–Crippen LogP) is 3.66. The van der Waals surface area contributed by atoms with Crippen molar-refractivity contribution in [1.82, 2.24) is 4.90 Å². The lowest BCUT2D eigenvalue weighted by Crippen LogP contribution is -2.41. The molecule has 2 amide bonds. The van der Waals surface area contributed by atoms with Gasteiger partial charge in [0.1, 0.15) is 6.04 Å². The number of amides is 2. The highest BCUT2D eigenvalue weighted by atomic mass is 16.2. The van der Waals surface area contributed by atoms with Crippen LogP contribution in [0.2, 0.25) is 0 Å². The van der Waals surface area contributed by atoms with Crippen molar-refractivity contribution in [2.75, 3.05) is 23.3 Å². The number of likely N-dealkylation sites (tertiary alicyclic amines) is 1. The molecule has 1 saturated heterocycles. The fourth-order valence-corrected chi connectivity index (χ4v) is 3.55. The summed E-state index contributed by atoms with van der Waals surface area (Å²) >= 11 is 0. The lowest BCUT2D eigenvalue weighted by molar-refractivity contribution is -0.133. The lowest BCUT2D eigenvalue weighted by atomic mass is 10.1. The Morgan fingerprint density at radius 1 is 1.07 bits per heavy atom. The molecule has 1 fully saturated rings. The molecule has 5 nitrogen and oxygen atoms in total. The Balaban J connectivity index is 1.66. The van der Waals surface area contributed by atoms with Gasteiger partial charge in [0.25, 0.3) is 0 Å². The summed E-state index contributed by atoms with van der Waals surface area (Å²) < 4.78 is 0. The molecule has 1 heterocycles. The van der Waals surface area contributed by atoms with Crippen LogP contribution < -0.4 is 10.2 Å². The number of hydrogen-bond acceptors (Lipinski definition) is 3. The first-order valence-electron chi connectivity index (χ1n) is 9.61. The van der Waals surface area contributed by atoms with E-state index < -0.39 is 6.04 Å². The number of rotatable bonds is 7. The predicted molar refractivity (Wildman–Crippen MR) is 109 cm³/mol. The molecule has 1 aliphatic heterocycles. The summed E-state index contributed by atoms with van der Waals surface area (Å²) in [5.74, 6) is -0.0803. The van der Waals surface area contributed by atoms with Gasteiger partial charge in [-0.15, -0.1) is 0 Å². The van der Waals surface area contributed by atoms with Crippen LogP contribution in [0.1, 0.15) is 32.3 Å². The van der Waals surface area contributed by atoms with E-state index >= 15 is 0 Å². The van der Waals surface area contributed by atoms with Gasteiger partial charge in [-0.3, -0.25) is 9.59 Å². The zero-order valence-corrected chi connectivity index (χ0v) is 16.0. The number of anilines is 2. The minimum absolute atomic E-state index is 0.0379. The average Bonchev–Trinajstić information content (AvgIpc) is 3.05. The Labute approximate surface area is 161 Å². The van der Waals surface area contributed by atoms with Gasteiger partial charge in [-0.05, 0) is 50.1 Å². The molecule has 0 saturated carbocycles. The molecule has 0 bridgehead atoms. The lowest BCUT2D eigenvalue weighted by Gasteiger charge is -2.24. The summed E-state index contributed by atoms with van der Waals surface area (Å²) in [6.07, 6.45) is 0.987. The zero-order valence-electron chi connectivity index (χ0n) is 16.0. The molecule has 0 aliphatic carbocycles. The number of nitrogens with one attached hydrogen (secondary N) is 1. The smallest absolute Gasteiger partial charge is 0.247 e. The number of carbonyl (C=O) groups is 2. The molecular formula is C22H27N3O2. The quantitative estimate of drug-likeness (QED) is 0.815. The Morgan fingerprint density at radius 3 is 2.37 bits per heavy atom. The van der Waals surface area contributed by atoms with E-state index in [1.54, 1.807) is 4.90 Å². The van der Waals surface area contributed by atoms with Gasteiger partial charge in [-0.2, -0.15) is 0 Å². The second-order valence-electron chi connectivity index (χ2n) is 6.77. The molecular weight excluding hydrogens is 338 g/mol. The summed E-state index contributed by atoms with van der Waals surface area (Å²) in [5, 5.41) is 2.97. The van der Waals surface area contributed by atoms with Crippen LogP contribution in [0.15, 0.2) is 54.6 Å². The highest BCUT2D eigenvalue weighted by molar-refractivity contribution is 5.99. The maximum absolute atomic E-state index is 12.8. The van der Waals surface area contributed by atoms with Crippen molar-refractivity contribution in [2.24, 2.45) is 0 Å². The van der Waals surface area contributed by atoms with E-state index in [1.165, 1.54) is 0 Å². The van der Waals surface area contributed by atoms with Crippen LogP contribution in [0.4, 0.5) is 11.4 Å². The molecule has 0 spiro atoms.